The van der Waals surface area contributed by atoms with Gasteiger partial charge in [-0.1, -0.05) is 6.07 Å². The summed E-state index contributed by atoms with van der Waals surface area (Å²) in [4.78, 5) is 19.1. The summed E-state index contributed by atoms with van der Waals surface area (Å²) in [5.41, 5.74) is -0.247. The van der Waals surface area contributed by atoms with Crippen molar-refractivity contribution in [1.29, 1.82) is 5.26 Å². The van der Waals surface area contributed by atoms with Crippen molar-refractivity contribution in [2.75, 3.05) is 18.2 Å². The molecule has 1 aromatic carbocycles. The molecule has 1 aromatic heterocycles. The number of anilines is 1. The average molecular weight is 492 g/mol. The Balaban J connectivity index is 1.93. The smallest absolute Gasteiger partial charge is 0.389 e. The van der Waals surface area contributed by atoms with Gasteiger partial charge in [0.25, 0.3) is 0 Å². The number of hydrogen-bond acceptors (Lipinski definition) is 6. The molecule has 2 atom stereocenters. The molecule has 2 unspecified atom stereocenters. The summed E-state index contributed by atoms with van der Waals surface area (Å²) in [7, 11) is -2.46. The number of amides is 2. The fraction of sp³-hybridized carbons (Fsp3) is 0.318. The summed E-state index contributed by atoms with van der Waals surface area (Å²) >= 11 is 0. The van der Waals surface area contributed by atoms with Crippen molar-refractivity contribution >= 4 is 21.6 Å². The number of pyridine rings is 1. The second kappa shape index (κ2) is 8.11. The summed E-state index contributed by atoms with van der Waals surface area (Å²) in [6.07, 6.45) is -2.59. The molecule has 0 radical (unpaired) electrons. The first-order chi connectivity index (χ1) is 15.8. The fourth-order valence-electron chi connectivity index (χ4n) is 4.44. The highest BCUT2D eigenvalue weighted by molar-refractivity contribution is 7.90. The number of nitrogens with zero attached hydrogens (tertiary/aromatic N) is 4. The third-order valence-corrected chi connectivity index (χ3v) is 7.09. The Morgan fingerprint density at radius 3 is 2.56 bits per heavy atom. The standard InChI is InChI=1S/C22H19F3N4O4S/c1-28-20(15-4-3-12(9-26)7-18(15)34(2,32)33)19-16(5-6-17(19)30)29(21(28)31)14-8-13(10-27-11-14)22(23,24)25/h3-4,7-8,10-11,17,20,30H,5-6H2,1-2H3. The van der Waals surface area contributed by atoms with E-state index in [9.17, 15) is 36.8 Å². The van der Waals surface area contributed by atoms with E-state index < -0.39 is 39.8 Å². The van der Waals surface area contributed by atoms with Gasteiger partial charge in [-0.25, -0.2) is 13.2 Å². The summed E-state index contributed by atoms with van der Waals surface area (Å²) in [5, 5.41) is 20.0. The van der Waals surface area contributed by atoms with Gasteiger partial charge >= 0.3 is 12.2 Å². The number of carbonyl (C=O) groups is 1. The molecule has 2 heterocycles. The molecular weight excluding hydrogens is 473 g/mol. The fourth-order valence-corrected chi connectivity index (χ4v) is 5.39. The van der Waals surface area contributed by atoms with Crippen LogP contribution in [0, 0.1) is 11.3 Å². The number of benzene rings is 1. The Labute approximate surface area is 193 Å². The first-order valence-electron chi connectivity index (χ1n) is 10.1. The maximum atomic E-state index is 13.4. The minimum absolute atomic E-state index is 0.104. The van der Waals surface area contributed by atoms with Gasteiger partial charge in [0.1, 0.15) is 0 Å². The Morgan fingerprint density at radius 2 is 1.94 bits per heavy atom. The van der Waals surface area contributed by atoms with E-state index in [0.29, 0.717) is 17.5 Å². The lowest BCUT2D eigenvalue weighted by atomic mass is 9.92. The molecule has 0 saturated heterocycles. The topological polar surface area (TPSA) is 115 Å². The van der Waals surface area contributed by atoms with Gasteiger partial charge < -0.3 is 10.0 Å². The first kappa shape index (κ1) is 23.7. The third kappa shape index (κ3) is 3.91. The van der Waals surface area contributed by atoms with Gasteiger partial charge in [0.15, 0.2) is 9.84 Å². The number of aliphatic hydroxyl groups excluding tert-OH is 1. The number of aromatic nitrogens is 1. The van der Waals surface area contributed by atoms with Gasteiger partial charge in [-0.05, 0) is 36.6 Å². The van der Waals surface area contributed by atoms with Crippen LogP contribution in [-0.2, 0) is 16.0 Å². The Hall–Kier alpha value is -3.43. The summed E-state index contributed by atoms with van der Waals surface area (Å²) < 4.78 is 64.8. The van der Waals surface area contributed by atoms with Crippen molar-refractivity contribution in [2.24, 2.45) is 0 Å². The number of likely N-dealkylation sites (N-methyl/N-ethyl adjacent to an activating group) is 1. The minimum Gasteiger partial charge on any atom is -0.389 e. The lowest BCUT2D eigenvalue weighted by Crippen LogP contribution is -2.48. The second-order valence-electron chi connectivity index (χ2n) is 8.15. The highest BCUT2D eigenvalue weighted by atomic mass is 32.2. The van der Waals surface area contributed by atoms with Gasteiger partial charge in [-0.15, -0.1) is 0 Å². The number of nitriles is 1. The maximum absolute atomic E-state index is 13.4. The largest absolute Gasteiger partial charge is 0.417 e. The van der Waals surface area contributed by atoms with Crippen LogP contribution in [0.4, 0.5) is 23.7 Å². The zero-order valence-electron chi connectivity index (χ0n) is 18.0. The molecular formula is C22H19F3N4O4S. The molecule has 2 aliphatic rings. The summed E-state index contributed by atoms with van der Waals surface area (Å²) in [6, 6.07) is 5.01. The third-order valence-electron chi connectivity index (χ3n) is 5.94. The van der Waals surface area contributed by atoms with Crippen LogP contribution in [-0.4, -0.2) is 48.8 Å². The second-order valence-corrected chi connectivity index (χ2v) is 10.1. The number of alkyl halides is 3. The van der Waals surface area contributed by atoms with Crippen molar-refractivity contribution < 1.29 is 31.5 Å². The van der Waals surface area contributed by atoms with Crippen LogP contribution in [0.1, 0.15) is 35.6 Å². The molecule has 12 heteroatoms. The predicted molar refractivity (Wildman–Crippen MR) is 114 cm³/mol. The molecule has 4 rings (SSSR count). The molecule has 1 N–H and O–H groups in total. The average Bonchev–Trinajstić information content (AvgIpc) is 3.14. The summed E-state index contributed by atoms with van der Waals surface area (Å²) in [6.45, 7) is 0. The highest BCUT2D eigenvalue weighted by Gasteiger charge is 2.46. The minimum atomic E-state index is -4.67. The van der Waals surface area contributed by atoms with E-state index in [0.717, 1.165) is 23.4 Å². The normalized spacial score (nSPS) is 21.0. The van der Waals surface area contributed by atoms with Crippen LogP contribution >= 0.6 is 0 Å². The van der Waals surface area contributed by atoms with Crippen molar-refractivity contribution in [3.8, 4) is 6.07 Å². The molecule has 1 aliphatic carbocycles. The number of rotatable bonds is 3. The molecule has 2 amide bonds. The first-order valence-corrected chi connectivity index (χ1v) is 12.0. The van der Waals surface area contributed by atoms with Gasteiger partial charge in [-0.2, -0.15) is 18.4 Å². The Kier molecular flexibility index (Phi) is 5.65. The number of aliphatic hydroxyl groups is 1. The van der Waals surface area contributed by atoms with Crippen molar-refractivity contribution in [3.63, 3.8) is 0 Å². The van der Waals surface area contributed by atoms with E-state index in [1.54, 1.807) is 0 Å². The quantitative estimate of drug-likeness (QED) is 0.703. The number of sulfone groups is 1. The summed E-state index contributed by atoms with van der Waals surface area (Å²) in [5.74, 6) is 0. The molecule has 178 valence electrons. The SMILES string of the molecule is CN1C(=O)N(c2cncc(C(F)(F)F)c2)C2=C(C(O)CC2)C1c1ccc(C#N)cc1S(C)(=O)=O. The van der Waals surface area contributed by atoms with Crippen LogP contribution in [0.15, 0.2) is 52.8 Å². The van der Waals surface area contributed by atoms with E-state index in [-0.39, 0.29) is 34.6 Å². The van der Waals surface area contributed by atoms with Crippen LogP contribution in [0.25, 0.3) is 0 Å². The molecule has 0 fully saturated rings. The van der Waals surface area contributed by atoms with Crippen molar-refractivity contribution in [1.82, 2.24) is 9.88 Å². The van der Waals surface area contributed by atoms with Crippen molar-refractivity contribution in [3.05, 3.63) is 64.6 Å². The van der Waals surface area contributed by atoms with Crippen molar-refractivity contribution in [2.45, 2.75) is 36.1 Å². The number of allylic oxidation sites excluding steroid dienone is 1. The highest BCUT2D eigenvalue weighted by Crippen LogP contribution is 2.47. The molecule has 0 saturated carbocycles. The van der Waals surface area contributed by atoms with E-state index in [2.05, 4.69) is 4.98 Å². The zero-order chi connectivity index (χ0) is 25.0. The lowest BCUT2D eigenvalue weighted by molar-refractivity contribution is -0.137. The van der Waals surface area contributed by atoms with E-state index in [1.165, 1.54) is 30.1 Å². The predicted octanol–water partition coefficient (Wildman–Crippen LogP) is 3.40. The number of carbonyl (C=O) groups excluding carboxylic acids is 1. The molecule has 2 aromatic rings. The van der Waals surface area contributed by atoms with Gasteiger partial charge in [0.2, 0.25) is 0 Å². The molecule has 0 spiro atoms. The monoisotopic (exact) mass is 492 g/mol. The number of urea groups is 1. The zero-order valence-corrected chi connectivity index (χ0v) is 18.9. The maximum Gasteiger partial charge on any atom is 0.417 e. The number of hydrogen-bond donors (Lipinski definition) is 1. The molecule has 34 heavy (non-hydrogen) atoms. The van der Waals surface area contributed by atoms with Gasteiger partial charge in [0.05, 0.1) is 46.1 Å². The van der Waals surface area contributed by atoms with Crippen LogP contribution in [0.3, 0.4) is 0 Å². The molecule has 8 nitrogen and oxygen atoms in total. The lowest BCUT2D eigenvalue weighted by Gasteiger charge is -2.42. The molecule has 1 aliphatic heterocycles. The van der Waals surface area contributed by atoms with Crippen LogP contribution in [0.2, 0.25) is 0 Å². The molecule has 0 bridgehead atoms. The Morgan fingerprint density at radius 1 is 1.24 bits per heavy atom. The van der Waals surface area contributed by atoms with Crippen LogP contribution < -0.4 is 4.90 Å². The Bertz CT molecular complexity index is 1360. The van der Waals surface area contributed by atoms with Crippen LogP contribution in [0.5, 0.6) is 0 Å². The number of halogens is 3. The van der Waals surface area contributed by atoms with E-state index >= 15 is 0 Å². The van der Waals surface area contributed by atoms with Gasteiger partial charge in [0, 0.05) is 30.8 Å². The van der Waals surface area contributed by atoms with E-state index in [4.69, 9.17) is 0 Å². The van der Waals surface area contributed by atoms with Gasteiger partial charge in [-0.3, -0.25) is 9.88 Å². The van der Waals surface area contributed by atoms with E-state index in [1.807, 2.05) is 6.07 Å².